The molecule has 1 N–H and O–H groups in total. The molecular formula is C17H18N2O2. The van der Waals surface area contributed by atoms with Crippen molar-refractivity contribution in [2.24, 2.45) is 7.05 Å². The Bertz CT molecular complexity index is 752. The van der Waals surface area contributed by atoms with Crippen molar-refractivity contribution in [2.75, 3.05) is 13.7 Å². The lowest BCUT2D eigenvalue weighted by Crippen LogP contribution is -2.35. The van der Waals surface area contributed by atoms with Gasteiger partial charge in [-0.05, 0) is 17.7 Å². The second-order valence-corrected chi connectivity index (χ2v) is 5.14. The fourth-order valence-electron chi connectivity index (χ4n) is 2.72. The molecule has 4 nitrogen and oxygen atoms in total. The maximum absolute atomic E-state index is 11.2. The zero-order valence-electron chi connectivity index (χ0n) is 12.2. The van der Waals surface area contributed by atoms with Crippen molar-refractivity contribution >= 4 is 11.0 Å². The Labute approximate surface area is 123 Å². The van der Waals surface area contributed by atoms with Crippen LogP contribution in [-0.2, 0) is 17.4 Å². The van der Waals surface area contributed by atoms with Crippen LogP contribution in [0.2, 0.25) is 0 Å². The third-order valence-corrected chi connectivity index (χ3v) is 3.76. The predicted octanol–water partition coefficient (Wildman–Crippen LogP) is 2.46. The smallest absolute Gasteiger partial charge is 0.170 e. The molecule has 1 atom stereocenters. The number of methoxy groups -OCH3 is 1. The van der Waals surface area contributed by atoms with Crippen LogP contribution in [0.25, 0.3) is 11.0 Å². The van der Waals surface area contributed by atoms with Gasteiger partial charge in [-0.1, -0.05) is 42.5 Å². The van der Waals surface area contributed by atoms with Crippen LogP contribution in [0.15, 0.2) is 54.6 Å². The monoisotopic (exact) mass is 282 g/mol. The summed E-state index contributed by atoms with van der Waals surface area (Å²) >= 11 is 0. The van der Waals surface area contributed by atoms with E-state index in [1.165, 1.54) is 0 Å². The van der Waals surface area contributed by atoms with Gasteiger partial charge in [0.2, 0.25) is 0 Å². The van der Waals surface area contributed by atoms with Gasteiger partial charge in [-0.2, -0.15) is 0 Å². The van der Waals surface area contributed by atoms with Gasteiger partial charge in [-0.3, -0.25) is 0 Å². The van der Waals surface area contributed by atoms with Crippen LogP contribution >= 0.6 is 0 Å². The topological polar surface area (TPSA) is 47.3 Å². The molecule has 0 unspecified atom stereocenters. The van der Waals surface area contributed by atoms with Gasteiger partial charge in [-0.15, -0.1) is 0 Å². The van der Waals surface area contributed by atoms with Gasteiger partial charge in [0, 0.05) is 14.2 Å². The number of aromatic nitrogens is 2. The van der Waals surface area contributed by atoms with Crippen molar-refractivity contribution in [3.63, 3.8) is 0 Å². The largest absolute Gasteiger partial charge is 0.381 e. The van der Waals surface area contributed by atoms with Gasteiger partial charge in [-0.25, -0.2) is 4.98 Å². The van der Waals surface area contributed by atoms with Crippen molar-refractivity contribution in [1.29, 1.82) is 0 Å². The molecule has 0 aliphatic heterocycles. The molecule has 4 heteroatoms. The zero-order chi connectivity index (χ0) is 14.9. The summed E-state index contributed by atoms with van der Waals surface area (Å²) in [5, 5.41) is 11.2. The first kappa shape index (κ1) is 13.8. The fourth-order valence-corrected chi connectivity index (χ4v) is 2.72. The number of benzene rings is 2. The number of aryl methyl sites for hydroxylation is 1. The van der Waals surface area contributed by atoms with Crippen molar-refractivity contribution in [2.45, 2.75) is 5.60 Å². The summed E-state index contributed by atoms with van der Waals surface area (Å²) in [6.45, 7) is 0.147. The molecule has 0 saturated carbocycles. The Morgan fingerprint density at radius 3 is 2.43 bits per heavy atom. The number of nitrogens with zero attached hydrogens (tertiary/aromatic N) is 2. The highest BCUT2D eigenvalue weighted by Crippen LogP contribution is 2.31. The highest BCUT2D eigenvalue weighted by molar-refractivity contribution is 5.76. The van der Waals surface area contributed by atoms with Gasteiger partial charge in [0.15, 0.2) is 5.60 Å². The molecule has 0 amide bonds. The summed E-state index contributed by atoms with van der Waals surface area (Å²) in [6, 6.07) is 17.3. The molecule has 0 fully saturated rings. The molecular weight excluding hydrogens is 264 g/mol. The van der Waals surface area contributed by atoms with Crippen molar-refractivity contribution in [3.8, 4) is 0 Å². The van der Waals surface area contributed by atoms with E-state index in [0.29, 0.717) is 5.82 Å². The number of imidazole rings is 1. The number of rotatable bonds is 4. The average Bonchev–Trinajstić information content (AvgIpc) is 2.86. The van der Waals surface area contributed by atoms with Crippen LogP contribution in [0.1, 0.15) is 11.4 Å². The van der Waals surface area contributed by atoms with Crippen molar-refractivity contribution in [3.05, 3.63) is 66.0 Å². The summed E-state index contributed by atoms with van der Waals surface area (Å²) in [5.41, 5.74) is 1.34. The fraction of sp³-hybridized carbons (Fsp3) is 0.235. The number of hydrogen-bond acceptors (Lipinski definition) is 3. The third-order valence-electron chi connectivity index (χ3n) is 3.76. The van der Waals surface area contributed by atoms with E-state index in [9.17, 15) is 5.11 Å². The molecule has 0 aliphatic carbocycles. The van der Waals surface area contributed by atoms with Gasteiger partial charge >= 0.3 is 0 Å². The molecule has 0 saturated heterocycles. The van der Waals surface area contributed by atoms with Crippen LogP contribution in [-0.4, -0.2) is 28.4 Å². The normalized spacial score (nSPS) is 14.2. The minimum absolute atomic E-state index is 0.147. The summed E-state index contributed by atoms with van der Waals surface area (Å²) in [4.78, 5) is 4.61. The summed E-state index contributed by atoms with van der Waals surface area (Å²) < 4.78 is 7.18. The zero-order valence-corrected chi connectivity index (χ0v) is 12.2. The lowest BCUT2D eigenvalue weighted by Gasteiger charge is -2.27. The first-order valence-corrected chi connectivity index (χ1v) is 6.85. The van der Waals surface area contributed by atoms with Crippen LogP contribution in [0.3, 0.4) is 0 Å². The first-order valence-electron chi connectivity index (χ1n) is 6.85. The molecule has 3 aromatic rings. The molecule has 0 radical (unpaired) electrons. The molecule has 0 aliphatic rings. The number of aliphatic hydroxyl groups is 1. The van der Waals surface area contributed by atoms with E-state index < -0.39 is 5.60 Å². The van der Waals surface area contributed by atoms with E-state index in [-0.39, 0.29) is 6.61 Å². The SMILES string of the molecule is COC[C@](O)(c1ccccc1)c1nc2ccccc2n1C. The number of fused-ring (bicyclic) bond motifs is 1. The Morgan fingerprint density at radius 2 is 1.76 bits per heavy atom. The van der Waals surface area contributed by atoms with Gasteiger partial charge < -0.3 is 14.4 Å². The van der Waals surface area contributed by atoms with Crippen LogP contribution in [0.5, 0.6) is 0 Å². The van der Waals surface area contributed by atoms with E-state index >= 15 is 0 Å². The van der Waals surface area contributed by atoms with Crippen LogP contribution < -0.4 is 0 Å². The third kappa shape index (κ3) is 2.22. The lowest BCUT2D eigenvalue weighted by atomic mass is 9.93. The van der Waals surface area contributed by atoms with Gasteiger partial charge in [0.1, 0.15) is 5.82 Å². The lowest BCUT2D eigenvalue weighted by molar-refractivity contribution is -0.0112. The van der Waals surface area contributed by atoms with E-state index in [4.69, 9.17) is 4.74 Å². The second kappa shape index (κ2) is 5.31. The number of hydrogen-bond donors (Lipinski definition) is 1. The van der Waals surface area contributed by atoms with Crippen molar-refractivity contribution in [1.82, 2.24) is 9.55 Å². The molecule has 21 heavy (non-hydrogen) atoms. The number of para-hydroxylation sites is 2. The van der Waals surface area contributed by atoms with E-state index in [2.05, 4.69) is 4.98 Å². The Hall–Kier alpha value is -2.17. The molecule has 3 rings (SSSR count). The summed E-state index contributed by atoms with van der Waals surface area (Å²) in [6.07, 6.45) is 0. The minimum atomic E-state index is -1.27. The quantitative estimate of drug-likeness (QED) is 0.799. The van der Waals surface area contributed by atoms with Crippen LogP contribution in [0, 0.1) is 0 Å². The van der Waals surface area contributed by atoms with E-state index in [0.717, 1.165) is 16.6 Å². The molecule has 108 valence electrons. The summed E-state index contributed by atoms with van der Waals surface area (Å²) in [5.74, 6) is 0.580. The minimum Gasteiger partial charge on any atom is -0.381 e. The Kier molecular flexibility index (Phi) is 3.49. The standard InChI is InChI=1S/C17H18N2O2/c1-19-15-11-7-6-10-14(15)18-16(19)17(20,12-21-2)13-8-4-3-5-9-13/h3-11,20H,12H2,1-2H3/t17-/m0/s1. The first-order chi connectivity index (χ1) is 10.2. The van der Waals surface area contributed by atoms with E-state index in [1.54, 1.807) is 7.11 Å². The highest BCUT2D eigenvalue weighted by Gasteiger charge is 2.36. The van der Waals surface area contributed by atoms with Gasteiger partial charge in [0.05, 0.1) is 17.6 Å². The average molecular weight is 282 g/mol. The molecule has 1 aromatic heterocycles. The Balaban J connectivity index is 2.22. The number of ether oxygens (including phenoxy) is 1. The highest BCUT2D eigenvalue weighted by atomic mass is 16.5. The molecule has 0 bridgehead atoms. The van der Waals surface area contributed by atoms with Crippen LogP contribution in [0.4, 0.5) is 0 Å². The van der Waals surface area contributed by atoms with Gasteiger partial charge in [0.25, 0.3) is 0 Å². The molecule has 0 spiro atoms. The summed E-state index contributed by atoms with van der Waals surface area (Å²) in [7, 11) is 3.49. The predicted molar refractivity (Wildman–Crippen MR) is 82.0 cm³/mol. The molecule has 2 aromatic carbocycles. The second-order valence-electron chi connectivity index (χ2n) is 5.14. The Morgan fingerprint density at radius 1 is 1.10 bits per heavy atom. The van der Waals surface area contributed by atoms with E-state index in [1.807, 2.05) is 66.2 Å². The maximum Gasteiger partial charge on any atom is 0.170 e. The van der Waals surface area contributed by atoms with Crippen molar-refractivity contribution < 1.29 is 9.84 Å². The maximum atomic E-state index is 11.2. The molecule has 1 heterocycles.